The Labute approximate surface area is 120 Å². The molecule has 1 rings (SSSR count). The van der Waals surface area contributed by atoms with E-state index in [9.17, 15) is 9.18 Å². The topological polar surface area (TPSA) is 20.3 Å². The van der Waals surface area contributed by atoms with Crippen molar-refractivity contribution in [2.24, 2.45) is 0 Å². The molecule has 100 valence electrons. The zero-order valence-corrected chi connectivity index (χ0v) is 13.1. The summed E-state index contributed by atoms with van der Waals surface area (Å²) in [7, 11) is 1.73. The minimum absolute atomic E-state index is 0.125. The number of thioether (sulfide) groups is 1. The third-order valence-corrected chi connectivity index (χ3v) is 4.07. The summed E-state index contributed by atoms with van der Waals surface area (Å²) in [4.78, 5) is 13.8. The number of hydrogen-bond acceptors (Lipinski definition) is 2. The maximum Gasteiger partial charge on any atom is 0.256 e. The van der Waals surface area contributed by atoms with Gasteiger partial charge in [0.05, 0.1) is 5.56 Å². The van der Waals surface area contributed by atoms with E-state index in [1.807, 2.05) is 13.2 Å². The average Bonchev–Trinajstić information content (AvgIpc) is 2.34. The van der Waals surface area contributed by atoms with Crippen LogP contribution in [0.3, 0.4) is 0 Å². The van der Waals surface area contributed by atoms with Crippen molar-refractivity contribution in [1.29, 1.82) is 0 Å². The van der Waals surface area contributed by atoms with Crippen LogP contribution in [0.5, 0.6) is 0 Å². The highest BCUT2D eigenvalue weighted by Gasteiger charge is 2.21. The number of carbonyl (C=O) groups excluding carboxylic acids is 1. The van der Waals surface area contributed by atoms with Crippen molar-refractivity contribution >= 4 is 33.6 Å². The van der Waals surface area contributed by atoms with Crippen molar-refractivity contribution in [2.75, 3.05) is 19.1 Å². The molecule has 0 saturated heterocycles. The molecule has 5 heteroatoms. The standard InChI is InChI=1S/C13H17BrFNOS/c1-4-10(8-18-3)16(2)13(17)11-6-5-9(14)7-12(11)15/h5-7,10H,4,8H2,1-3H3. The van der Waals surface area contributed by atoms with E-state index in [1.165, 1.54) is 12.1 Å². The second kappa shape index (κ2) is 7.14. The predicted octanol–water partition coefficient (Wildman–Crippen LogP) is 3.80. The molecule has 1 amide bonds. The van der Waals surface area contributed by atoms with Crippen LogP contribution < -0.4 is 0 Å². The maximum absolute atomic E-state index is 13.7. The van der Waals surface area contributed by atoms with Crippen LogP contribution in [0.15, 0.2) is 22.7 Å². The van der Waals surface area contributed by atoms with Crippen molar-refractivity contribution in [1.82, 2.24) is 4.90 Å². The zero-order chi connectivity index (χ0) is 13.7. The SMILES string of the molecule is CCC(CSC)N(C)C(=O)c1ccc(Br)cc1F. The Kier molecular flexibility index (Phi) is 6.15. The first-order valence-corrected chi connectivity index (χ1v) is 7.91. The quantitative estimate of drug-likeness (QED) is 0.816. The number of benzene rings is 1. The monoisotopic (exact) mass is 333 g/mol. The summed E-state index contributed by atoms with van der Waals surface area (Å²) in [6.45, 7) is 2.03. The van der Waals surface area contributed by atoms with E-state index in [4.69, 9.17) is 0 Å². The minimum atomic E-state index is -0.486. The number of rotatable bonds is 5. The summed E-state index contributed by atoms with van der Waals surface area (Å²) < 4.78 is 14.4. The van der Waals surface area contributed by atoms with E-state index < -0.39 is 5.82 Å². The fourth-order valence-corrected chi connectivity index (χ4v) is 2.89. The van der Waals surface area contributed by atoms with Crippen LogP contribution in [0.4, 0.5) is 4.39 Å². The van der Waals surface area contributed by atoms with Crippen molar-refractivity contribution in [3.05, 3.63) is 34.1 Å². The molecule has 1 atom stereocenters. The second-order valence-corrected chi connectivity index (χ2v) is 5.88. The molecular weight excluding hydrogens is 317 g/mol. The van der Waals surface area contributed by atoms with E-state index >= 15 is 0 Å². The Morgan fingerprint density at radius 2 is 2.22 bits per heavy atom. The largest absolute Gasteiger partial charge is 0.338 e. The Bertz CT molecular complexity index is 427. The van der Waals surface area contributed by atoms with Gasteiger partial charge in [-0.2, -0.15) is 11.8 Å². The molecule has 1 aromatic rings. The molecular formula is C13H17BrFNOS. The van der Waals surface area contributed by atoms with Gasteiger partial charge in [-0.05, 0) is 30.9 Å². The van der Waals surface area contributed by atoms with E-state index in [2.05, 4.69) is 15.9 Å². The molecule has 0 bridgehead atoms. The fraction of sp³-hybridized carbons (Fsp3) is 0.462. The van der Waals surface area contributed by atoms with Crippen LogP contribution >= 0.6 is 27.7 Å². The molecule has 1 unspecified atom stereocenters. The lowest BCUT2D eigenvalue weighted by molar-refractivity contribution is 0.0739. The summed E-state index contributed by atoms with van der Waals surface area (Å²) in [6.07, 6.45) is 2.86. The molecule has 0 aromatic heterocycles. The maximum atomic E-state index is 13.7. The lowest BCUT2D eigenvalue weighted by Gasteiger charge is -2.27. The number of hydrogen-bond donors (Lipinski definition) is 0. The summed E-state index contributed by atoms with van der Waals surface area (Å²) >= 11 is 4.87. The lowest BCUT2D eigenvalue weighted by atomic mass is 10.1. The molecule has 0 saturated carbocycles. The first-order valence-electron chi connectivity index (χ1n) is 5.72. The Hall–Kier alpha value is -0.550. The van der Waals surface area contributed by atoms with Gasteiger partial charge in [0.15, 0.2) is 0 Å². The van der Waals surface area contributed by atoms with Gasteiger partial charge in [0, 0.05) is 23.3 Å². The van der Waals surface area contributed by atoms with Gasteiger partial charge in [-0.1, -0.05) is 22.9 Å². The van der Waals surface area contributed by atoms with Crippen molar-refractivity contribution in [3.8, 4) is 0 Å². The van der Waals surface area contributed by atoms with Gasteiger partial charge < -0.3 is 4.90 Å². The zero-order valence-electron chi connectivity index (χ0n) is 10.7. The molecule has 2 nitrogen and oxygen atoms in total. The number of halogens is 2. The summed E-state index contributed by atoms with van der Waals surface area (Å²) in [5, 5.41) is 0. The average molecular weight is 334 g/mol. The highest BCUT2D eigenvalue weighted by molar-refractivity contribution is 9.10. The number of nitrogens with zero attached hydrogens (tertiary/aromatic N) is 1. The normalized spacial score (nSPS) is 12.3. The fourth-order valence-electron chi connectivity index (χ4n) is 1.71. The lowest BCUT2D eigenvalue weighted by Crippen LogP contribution is -2.38. The van der Waals surface area contributed by atoms with Gasteiger partial charge in [0.25, 0.3) is 5.91 Å². The Balaban J connectivity index is 2.91. The number of amides is 1. The van der Waals surface area contributed by atoms with Crippen LogP contribution in [0.25, 0.3) is 0 Å². The number of carbonyl (C=O) groups is 1. The molecule has 0 spiro atoms. The second-order valence-electron chi connectivity index (χ2n) is 4.06. The third-order valence-electron chi connectivity index (χ3n) is 2.86. The highest BCUT2D eigenvalue weighted by atomic mass is 79.9. The van der Waals surface area contributed by atoms with Crippen LogP contribution in [0.1, 0.15) is 23.7 Å². The third kappa shape index (κ3) is 3.72. The van der Waals surface area contributed by atoms with Gasteiger partial charge in [0.2, 0.25) is 0 Å². The van der Waals surface area contributed by atoms with Gasteiger partial charge in [-0.15, -0.1) is 0 Å². The molecule has 0 aliphatic rings. The van der Waals surface area contributed by atoms with Gasteiger partial charge in [0.1, 0.15) is 5.82 Å². The molecule has 0 radical (unpaired) electrons. The molecule has 1 aromatic carbocycles. The molecule has 0 N–H and O–H groups in total. The van der Waals surface area contributed by atoms with Crippen LogP contribution in [0, 0.1) is 5.82 Å². The Morgan fingerprint density at radius 3 is 2.72 bits per heavy atom. The van der Waals surface area contributed by atoms with E-state index in [0.717, 1.165) is 12.2 Å². The van der Waals surface area contributed by atoms with Gasteiger partial charge in [-0.25, -0.2) is 4.39 Å². The van der Waals surface area contributed by atoms with Crippen molar-refractivity contribution in [2.45, 2.75) is 19.4 Å². The van der Waals surface area contributed by atoms with Crippen molar-refractivity contribution in [3.63, 3.8) is 0 Å². The summed E-state index contributed by atoms with van der Waals surface area (Å²) in [5.74, 6) is 0.109. The van der Waals surface area contributed by atoms with E-state index in [1.54, 1.807) is 29.8 Å². The van der Waals surface area contributed by atoms with Crippen LogP contribution in [-0.2, 0) is 0 Å². The van der Waals surface area contributed by atoms with Crippen LogP contribution in [0.2, 0.25) is 0 Å². The molecule has 0 aliphatic heterocycles. The van der Waals surface area contributed by atoms with Gasteiger partial charge in [-0.3, -0.25) is 4.79 Å². The van der Waals surface area contributed by atoms with Crippen LogP contribution in [-0.4, -0.2) is 35.9 Å². The first kappa shape index (κ1) is 15.5. The Morgan fingerprint density at radius 1 is 1.56 bits per heavy atom. The molecule has 18 heavy (non-hydrogen) atoms. The smallest absolute Gasteiger partial charge is 0.256 e. The molecule has 0 heterocycles. The van der Waals surface area contributed by atoms with Crippen molar-refractivity contribution < 1.29 is 9.18 Å². The van der Waals surface area contributed by atoms with Gasteiger partial charge >= 0.3 is 0 Å². The summed E-state index contributed by atoms with van der Waals surface area (Å²) in [5.41, 5.74) is 0.125. The molecule has 0 aliphatic carbocycles. The van der Waals surface area contributed by atoms with E-state index in [-0.39, 0.29) is 17.5 Å². The molecule has 0 fully saturated rings. The minimum Gasteiger partial charge on any atom is -0.338 e. The van der Waals surface area contributed by atoms with E-state index in [0.29, 0.717) is 4.47 Å². The summed E-state index contributed by atoms with van der Waals surface area (Å²) in [6, 6.07) is 4.65. The predicted molar refractivity (Wildman–Crippen MR) is 78.7 cm³/mol. The first-order chi connectivity index (χ1) is 8.51. The highest BCUT2D eigenvalue weighted by Crippen LogP contribution is 2.18.